The summed E-state index contributed by atoms with van der Waals surface area (Å²) >= 11 is 3.10. The average Bonchev–Trinajstić information content (AvgIpc) is 2.65. The number of thiazole rings is 1. The van der Waals surface area contributed by atoms with Gasteiger partial charge in [-0.25, -0.2) is 4.98 Å². The highest BCUT2D eigenvalue weighted by atomic mass is 32.2. The minimum atomic E-state index is -0.820. The second-order valence-corrected chi connectivity index (χ2v) is 7.43. The molecule has 0 amide bonds. The lowest BCUT2D eigenvalue weighted by Gasteiger charge is -2.13. The molecule has 0 unspecified atom stereocenters. The van der Waals surface area contributed by atoms with Crippen molar-refractivity contribution in [3.05, 3.63) is 10.6 Å². The molecule has 4 nitrogen and oxygen atoms in total. The van der Waals surface area contributed by atoms with Crippen molar-refractivity contribution in [2.24, 2.45) is 5.41 Å². The van der Waals surface area contributed by atoms with Crippen LogP contribution in [0.2, 0.25) is 0 Å². The van der Waals surface area contributed by atoms with Crippen LogP contribution in [0.15, 0.2) is 4.34 Å². The van der Waals surface area contributed by atoms with Gasteiger partial charge in [0.25, 0.3) is 0 Å². The molecule has 0 saturated carbocycles. The van der Waals surface area contributed by atoms with Crippen molar-refractivity contribution in [1.29, 1.82) is 5.26 Å². The van der Waals surface area contributed by atoms with Gasteiger partial charge in [0.2, 0.25) is 0 Å². The molecule has 1 N–H and O–H groups in total. The number of aromatic nitrogens is 1. The molecule has 0 atom stereocenters. The third-order valence-electron chi connectivity index (χ3n) is 2.66. The van der Waals surface area contributed by atoms with E-state index in [9.17, 15) is 4.79 Å². The summed E-state index contributed by atoms with van der Waals surface area (Å²) < 4.78 is 0.920. The molecule has 0 bridgehead atoms. The van der Waals surface area contributed by atoms with Crippen LogP contribution in [0, 0.1) is 23.7 Å². The summed E-state index contributed by atoms with van der Waals surface area (Å²) in [6, 6.07) is 2.29. The minimum Gasteiger partial charge on any atom is -0.481 e. The molecular weight excluding hydrogens is 280 g/mol. The monoisotopic (exact) mass is 298 g/mol. The van der Waals surface area contributed by atoms with Crippen molar-refractivity contribution in [3.63, 3.8) is 0 Å². The van der Waals surface area contributed by atoms with Crippen molar-refractivity contribution in [3.8, 4) is 6.07 Å². The molecule has 0 spiro atoms. The maximum atomic E-state index is 10.7. The van der Waals surface area contributed by atoms with E-state index >= 15 is 0 Å². The highest BCUT2D eigenvalue weighted by Gasteiger charge is 2.16. The molecule has 104 valence electrons. The topological polar surface area (TPSA) is 74.0 Å². The lowest BCUT2D eigenvalue weighted by Crippen LogP contribution is -2.07. The molecule has 19 heavy (non-hydrogen) atoms. The minimum absolute atomic E-state index is 0.0471. The summed E-state index contributed by atoms with van der Waals surface area (Å²) in [5.41, 5.74) is 0.542. The molecule has 0 fully saturated rings. The number of thioether (sulfide) groups is 1. The Kier molecular flexibility index (Phi) is 5.83. The molecule has 1 heterocycles. The molecule has 0 aromatic carbocycles. The van der Waals surface area contributed by atoms with Crippen LogP contribution in [0.5, 0.6) is 0 Å². The molecule has 6 heteroatoms. The van der Waals surface area contributed by atoms with Gasteiger partial charge in [-0.05, 0) is 33.6 Å². The first-order valence-electron chi connectivity index (χ1n) is 6.06. The van der Waals surface area contributed by atoms with Gasteiger partial charge in [-0.15, -0.1) is 11.3 Å². The number of aryl methyl sites for hydroxylation is 1. The van der Waals surface area contributed by atoms with Crippen LogP contribution < -0.4 is 0 Å². The van der Waals surface area contributed by atoms with E-state index in [0.717, 1.165) is 33.5 Å². The van der Waals surface area contributed by atoms with E-state index in [1.165, 1.54) is 11.3 Å². The van der Waals surface area contributed by atoms with Crippen LogP contribution in [0.4, 0.5) is 0 Å². The van der Waals surface area contributed by atoms with Crippen molar-refractivity contribution in [2.45, 2.75) is 44.4 Å². The van der Waals surface area contributed by atoms with E-state index in [1.54, 1.807) is 11.8 Å². The Bertz CT molecular complexity index is 489. The van der Waals surface area contributed by atoms with Crippen molar-refractivity contribution >= 4 is 29.1 Å². The first-order chi connectivity index (χ1) is 8.84. The maximum absolute atomic E-state index is 10.7. The van der Waals surface area contributed by atoms with E-state index < -0.39 is 5.97 Å². The van der Waals surface area contributed by atoms with Crippen molar-refractivity contribution in [2.75, 3.05) is 5.75 Å². The van der Waals surface area contributed by atoms with E-state index in [0.29, 0.717) is 0 Å². The van der Waals surface area contributed by atoms with E-state index in [1.807, 2.05) is 20.8 Å². The number of nitriles is 1. The third-order valence-corrected chi connectivity index (χ3v) is 5.05. The molecule has 0 aliphatic carbocycles. The fraction of sp³-hybridized carbons (Fsp3) is 0.615. The second-order valence-electron chi connectivity index (χ2n) is 5.01. The Balaban J connectivity index is 2.42. The van der Waals surface area contributed by atoms with Crippen molar-refractivity contribution < 1.29 is 9.90 Å². The quantitative estimate of drug-likeness (QED) is 0.616. The number of hydrogen-bond donors (Lipinski definition) is 1. The molecule has 1 aromatic rings. The number of aliphatic carboxylic acids is 1. The van der Waals surface area contributed by atoms with Crippen LogP contribution in [0.3, 0.4) is 0 Å². The molecular formula is C13H18N2O2S2. The van der Waals surface area contributed by atoms with Crippen LogP contribution in [-0.4, -0.2) is 21.8 Å². The van der Waals surface area contributed by atoms with Gasteiger partial charge in [-0.2, -0.15) is 5.26 Å². The van der Waals surface area contributed by atoms with Crippen LogP contribution in [0.25, 0.3) is 0 Å². The number of rotatable bonds is 7. The maximum Gasteiger partial charge on any atom is 0.308 e. The summed E-state index contributed by atoms with van der Waals surface area (Å²) in [4.78, 5) is 15.9. The predicted octanol–water partition coefficient (Wildman–Crippen LogP) is 3.50. The normalized spacial score (nSPS) is 11.3. The van der Waals surface area contributed by atoms with E-state index in [2.05, 4.69) is 11.1 Å². The lowest BCUT2D eigenvalue weighted by molar-refractivity contribution is -0.136. The Hall–Kier alpha value is -1.06. The van der Waals surface area contributed by atoms with Crippen LogP contribution in [-0.2, 0) is 11.2 Å². The van der Waals surface area contributed by atoms with Crippen molar-refractivity contribution in [1.82, 2.24) is 4.98 Å². The van der Waals surface area contributed by atoms with E-state index in [-0.39, 0.29) is 11.8 Å². The smallest absolute Gasteiger partial charge is 0.308 e. The Labute approximate surface area is 121 Å². The number of carboxylic acids is 1. The number of hydrogen-bond acceptors (Lipinski definition) is 5. The molecule has 0 saturated heterocycles. The molecule has 1 rings (SSSR count). The van der Waals surface area contributed by atoms with Gasteiger partial charge in [0, 0.05) is 10.6 Å². The fourth-order valence-electron chi connectivity index (χ4n) is 1.49. The summed E-state index contributed by atoms with van der Waals surface area (Å²) in [6.07, 6.45) is 1.87. The van der Waals surface area contributed by atoms with Crippen LogP contribution >= 0.6 is 23.1 Å². The van der Waals surface area contributed by atoms with Gasteiger partial charge in [0.05, 0.1) is 23.6 Å². The number of carboxylic acid groups (broad SMARTS) is 1. The Morgan fingerprint density at radius 1 is 1.58 bits per heavy atom. The zero-order valence-electron chi connectivity index (χ0n) is 11.4. The zero-order chi connectivity index (χ0) is 14.5. The Morgan fingerprint density at radius 2 is 2.26 bits per heavy atom. The number of carbonyl (C=O) groups is 1. The van der Waals surface area contributed by atoms with Gasteiger partial charge < -0.3 is 5.11 Å². The fourth-order valence-corrected chi connectivity index (χ4v) is 3.73. The van der Waals surface area contributed by atoms with Gasteiger partial charge >= 0.3 is 5.97 Å². The second kappa shape index (κ2) is 6.92. The predicted molar refractivity (Wildman–Crippen MR) is 77.5 cm³/mol. The van der Waals surface area contributed by atoms with Gasteiger partial charge in [-0.1, -0.05) is 11.8 Å². The average molecular weight is 298 g/mol. The zero-order valence-corrected chi connectivity index (χ0v) is 13.0. The van der Waals surface area contributed by atoms with Gasteiger partial charge in [0.1, 0.15) is 4.34 Å². The first-order valence-corrected chi connectivity index (χ1v) is 7.86. The lowest BCUT2D eigenvalue weighted by atomic mass is 9.90. The van der Waals surface area contributed by atoms with Gasteiger partial charge in [-0.3, -0.25) is 4.79 Å². The molecule has 1 aromatic heterocycles. The molecule has 0 aliphatic heterocycles. The number of nitrogens with zero attached hydrogens (tertiary/aromatic N) is 2. The largest absolute Gasteiger partial charge is 0.481 e. The van der Waals surface area contributed by atoms with Gasteiger partial charge in [0.15, 0.2) is 0 Å². The summed E-state index contributed by atoms with van der Waals surface area (Å²) in [5, 5.41) is 17.7. The highest BCUT2D eigenvalue weighted by molar-refractivity contribution is 8.01. The SMILES string of the molecule is Cc1nc(SCCCC(C)(C)C#N)sc1CC(=O)O. The highest BCUT2D eigenvalue weighted by Crippen LogP contribution is 2.29. The summed E-state index contributed by atoms with van der Waals surface area (Å²) in [7, 11) is 0. The third kappa shape index (κ3) is 5.62. The standard InChI is InChI=1S/C13H18N2O2S2/c1-9-10(7-11(16)17)19-12(15-9)18-6-4-5-13(2,3)8-14/h4-7H2,1-3H3,(H,16,17). The Morgan fingerprint density at radius 3 is 2.84 bits per heavy atom. The van der Waals surface area contributed by atoms with Crippen LogP contribution in [0.1, 0.15) is 37.3 Å². The molecule has 0 aliphatic rings. The van der Waals surface area contributed by atoms with E-state index in [4.69, 9.17) is 10.4 Å². The summed E-state index contributed by atoms with van der Waals surface area (Å²) in [6.45, 7) is 5.73. The summed E-state index contributed by atoms with van der Waals surface area (Å²) in [5.74, 6) is 0.0870. The first kappa shape index (κ1) is 16.0. The molecule has 0 radical (unpaired) electrons.